The third kappa shape index (κ3) is 3.04. The molecule has 1 aromatic carbocycles. The first-order chi connectivity index (χ1) is 10.9. The van der Waals surface area contributed by atoms with Gasteiger partial charge in [0.2, 0.25) is 0 Å². The maximum absolute atomic E-state index is 12.4. The Bertz CT molecular complexity index is 743. The van der Waals surface area contributed by atoms with Crippen LogP contribution in [0.5, 0.6) is 5.75 Å². The van der Waals surface area contributed by atoms with Crippen molar-refractivity contribution < 1.29 is 14.6 Å². The maximum Gasteiger partial charge on any atom is 0.165 e. The first-order valence-corrected chi connectivity index (χ1v) is 8.00. The number of aliphatic hydroxyl groups excluding tert-OH is 1. The fraction of sp³-hybridized carbons (Fsp3) is 0.421. The van der Waals surface area contributed by atoms with E-state index in [0.29, 0.717) is 6.42 Å². The molecule has 1 aromatic heterocycles. The van der Waals surface area contributed by atoms with E-state index in [2.05, 4.69) is 18.4 Å². The Morgan fingerprint density at radius 1 is 1.26 bits per heavy atom. The first-order valence-electron chi connectivity index (χ1n) is 8.00. The van der Waals surface area contributed by atoms with Crippen LogP contribution in [0.1, 0.15) is 42.0 Å². The van der Waals surface area contributed by atoms with Gasteiger partial charge in [-0.05, 0) is 37.0 Å². The van der Waals surface area contributed by atoms with Crippen LogP contribution in [-0.4, -0.2) is 28.7 Å². The van der Waals surface area contributed by atoms with Crippen molar-refractivity contribution in [2.45, 2.75) is 33.6 Å². The Kier molecular flexibility index (Phi) is 4.02. The molecule has 0 atom stereocenters. The largest absolute Gasteiger partial charge is 0.491 e. The van der Waals surface area contributed by atoms with Gasteiger partial charge in [0.1, 0.15) is 12.4 Å². The van der Waals surface area contributed by atoms with Crippen molar-refractivity contribution >= 4 is 5.78 Å². The summed E-state index contributed by atoms with van der Waals surface area (Å²) in [6, 6.07) is 9.78. The molecule has 2 aromatic rings. The molecule has 3 rings (SSSR count). The van der Waals surface area contributed by atoms with Gasteiger partial charge >= 0.3 is 0 Å². The van der Waals surface area contributed by atoms with E-state index in [9.17, 15) is 4.79 Å². The Labute approximate surface area is 136 Å². The number of hydrogen-bond donors (Lipinski definition) is 1. The number of benzene rings is 1. The summed E-state index contributed by atoms with van der Waals surface area (Å²) >= 11 is 0. The predicted molar refractivity (Wildman–Crippen MR) is 89.5 cm³/mol. The summed E-state index contributed by atoms with van der Waals surface area (Å²) in [7, 11) is 0. The van der Waals surface area contributed by atoms with Gasteiger partial charge in [0.05, 0.1) is 6.61 Å². The Morgan fingerprint density at radius 3 is 2.78 bits per heavy atom. The number of nitrogens with zero attached hydrogens (tertiary/aromatic N) is 1. The molecule has 1 aliphatic rings. The lowest BCUT2D eigenvalue weighted by atomic mass is 9.76. The maximum atomic E-state index is 12.4. The fourth-order valence-corrected chi connectivity index (χ4v) is 3.39. The third-order valence-corrected chi connectivity index (χ3v) is 4.31. The van der Waals surface area contributed by atoms with E-state index in [0.717, 1.165) is 34.8 Å². The standard InChI is InChI=1S/C19H23NO3/c1-13-9-16-17(11-19(2,3)12-18(16)22)20(13)14-5-4-6-15(10-14)23-8-7-21/h4-6,9-10,21H,7-8,11-12H2,1-3H3. The summed E-state index contributed by atoms with van der Waals surface area (Å²) in [5.74, 6) is 0.950. The smallest absolute Gasteiger partial charge is 0.165 e. The molecule has 1 aliphatic carbocycles. The van der Waals surface area contributed by atoms with Crippen molar-refractivity contribution in [1.82, 2.24) is 4.57 Å². The van der Waals surface area contributed by atoms with E-state index in [1.165, 1.54) is 0 Å². The molecule has 0 saturated heterocycles. The number of aryl methyl sites for hydroxylation is 1. The number of aromatic nitrogens is 1. The molecular formula is C19H23NO3. The lowest BCUT2D eigenvalue weighted by molar-refractivity contribution is 0.0911. The second-order valence-corrected chi connectivity index (χ2v) is 6.99. The van der Waals surface area contributed by atoms with E-state index >= 15 is 0 Å². The van der Waals surface area contributed by atoms with Crippen LogP contribution in [0.25, 0.3) is 5.69 Å². The monoisotopic (exact) mass is 313 g/mol. The van der Waals surface area contributed by atoms with Gasteiger partial charge in [-0.1, -0.05) is 19.9 Å². The number of rotatable bonds is 4. The average molecular weight is 313 g/mol. The quantitative estimate of drug-likeness (QED) is 0.942. The number of hydrogen-bond acceptors (Lipinski definition) is 3. The lowest BCUT2D eigenvalue weighted by Gasteiger charge is -2.30. The third-order valence-electron chi connectivity index (χ3n) is 4.31. The Balaban J connectivity index is 2.06. The van der Waals surface area contributed by atoms with Crippen LogP contribution in [0.15, 0.2) is 30.3 Å². The molecule has 0 amide bonds. The van der Waals surface area contributed by atoms with Gasteiger partial charge in [-0.2, -0.15) is 0 Å². The topological polar surface area (TPSA) is 51.5 Å². The number of ketones is 1. The van der Waals surface area contributed by atoms with Crippen molar-refractivity contribution in [2.75, 3.05) is 13.2 Å². The Morgan fingerprint density at radius 2 is 2.04 bits per heavy atom. The molecule has 122 valence electrons. The van der Waals surface area contributed by atoms with Gasteiger partial charge in [-0.3, -0.25) is 4.79 Å². The van der Waals surface area contributed by atoms with E-state index in [1.54, 1.807) is 0 Å². The number of carbonyl (C=O) groups is 1. The minimum Gasteiger partial charge on any atom is -0.491 e. The molecule has 0 bridgehead atoms. The zero-order chi connectivity index (χ0) is 16.6. The van der Waals surface area contributed by atoms with Gasteiger partial charge in [-0.15, -0.1) is 0 Å². The normalized spacial score (nSPS) is 16.3. The molecule has 1 N–H and O–H groups in total. The predicted octanol–water partition coefficient (Wildman–Crippen LogP) is 3.31. The summed E-state index contributed by atoms with van der Waals surface area (Å²) in [6.45, 7) is 6.57. The van der Waals surface area contributed by atoms with E-state index < -0.39 is 0 Å². The minimum absolute atomic E-state index is 0.00906. The highest BCUT2D eigenvalue weighted by atomic mass is 16.5. The Hall–Kier alpha value is -2.07. The second-order valence-electron chi connectivity index (χ2n) is 6.99. The van der Waals surface area contributed by atoms with Crippen molar-refractivity contribution in [3.8, 4) is 11.4 Å². The number of carbonyl (C=O) groups excluding carboxylic acids is 1. The molecule has 0 saturated carbocycles. The van der Waals surface area contributed by atoms with Crippen LogP contribution < -0.4 is 4.74 Å². The van der Waals surface area contributed by atoms with Gasteiger partial charge in [0, 0.05) is 35.1 Å². The van der Waals surface area contributed by atoms with Gasteiger partial charge in [0.15, 0.2) is 5.78 Å². The lowest BCUT2D eigenvalue weighted by Crippen LogP contribution is -2.27. The van der Waals surface area contributed by atoms with Gasteiger partial charge < -0.3 is 14.4 Å². The molecule has 0 unspecified atom stereocenters. The fourth-order valence-electron chi connectivity index (χ4n) is 3.39. The number of ether oxygens (including phenoxy) is 1. The molecule has 4 nitrogen and oxygen atoms in total. The molecule has 0 radical (unpaired) electrons. The highest BCUT2D eigenvalue weighted by molar-refractivity contribution is 5.99. The molecule has 1 heterocycles. The number of aliphatic hydroxyl groups is 1. The average Bonchev–Trinajstić information content (AvgIpc) is 2.80. The van der Waals surface area contributed by atoms with Crippen LogP contribution in [0, 0.1) is 12.3 Å². The van der Waals surface area contributed by atoms with E-state index in [1.807, 2.05) is 37.3 Å². The summed E-state index contributed by atoms with van der Waals surface area (Å²) in [6.07, 6.45) is 1.48. The van der Waals surface area contributed by atoms with Crippen LogP contribution in [0.2, 0.25) is 0 Å². The summed E-state index contributed by atoms with van der Waals surface area (Å²) in [4.78, 5) is 12.4. The zero-order valence-corrected chi connectivity index (χ0v) is 13.9. The van der Waals surface area contributed by atoms with E-state index in [-0.39, 0.29) is 24.4 Å². The molecular weight excluding hydrogens is 290 g/mol. The van der Waals surface area contributed by atoms with Crippen LogP contribution >= 0.6 is 0 Å². The van der Waals surface area contributed by atoms with Crippen LogP contribution in [-0.2, 0) is 6.42 Å². The first kappa shape index (κ1) is 15.8. The molecule has 0 spiro atoms. The molecule has 0 fully saturated rings. The van der Waals surface area contributed by atoms with Crippen molar-refractivity contribution in [1.29, 1.82) is 0 Å². The molecule has 4 heteroatoms. The molecule has 23 heavy (non-hydrogen) atoms. The van der Waals surface area contributed by atoms with Crippen molar-refractivity contribution in [3.05, 3.63) is 47.3 Å². The van der Waals surface area contributed by atoms with Crippen LogP contribution in [0.4, 0.5) is 0 Å². The second kappa shape index (κ2) is 5.85. The number of Topliss-reactive ketones (excluding diaryl/α,β-unsaturated/α-hetero) is 1. The minimum atomic E-state index is -0.0162. The van der Waals surface area contributed by atoms with Gasteiger partial charge in [0.25, 0.3) is 0 Å². The summed E-state index contributed by atoms with van der Waals surface area (Å²) in [5, 5.41) is 8.90. The molecule has 0 aliphatic heterocycles. The SMILES string of the molecule is Cc1cc2c(n1-c1cccc(OCCO)c1)CC(C)(C)CC2=O. The zero-order valence-electron chi connectivity index (χ0n) is 13.9. The summed E-state index contributed by atoms with van der Waals surface area (Å²) < 4.78 is 7.66. The van der Waals surface area contributed by atoms with Crippen LogP contribution in [0.3, 0.4) is 0 Å². The van der Waals surface area contributed by atoms with Crippen molar-refractivity contribution in [2.24, 2.45) is 5.41 Å². The van der Waals surface area contributed by atoms with Gasteiger partial charge in [-0.25, -0.2) is 0 Å². The van der Waals surface area contributed by atoms with Crippen molar-refractivity contribution in [3.63, 3.8) is 0 Å². The summed E-state index contributed by atoms with van der Waals surface area (Å²) in [5.41, 5.74) is 3.97. The highest BCUT2D eigenvalue weighted by Gasteiger charge is 2.34. The highest BCUT2D eigenvalue weighted by Crippen LogP contribution is 2.37. The van der Waals surface area contributed by atoms with E-state index in [4.69, 9.17) is 9.84 Å². The number of fused-ring (bicyclic) bond motifs is 1.